The van der Waals surface area contributed by atoms with Gasteiger partial charge < -0.3 is 15.2 Å². The van der Waals surface area contributed by atoms with Crippen molar-refractivity contribution in [2.45, 2.75) is 43.2 Å². The van der Waals surface area contributed by atoms with Gasteiger partial charge in [0.05, 0.1) is 12.7 Å². The molecule has 3 aliphatic rings. The van der Waals surface area contributed by atoms with E-state index in [1.165, 1.54) is 18.4 Å². The average Bonchev–Trinajstić information content (AvgIpc) is 3.08. The maximum absolute atomic E-state index is 6.70. The van der Waals surface area contributed by atoms with Crippen LogP contribution in [0.1, 0.15) is 37.2 Å². The van der Waals surface area contributed by atoms with Crippen molar-refractivity contribution in [1.29, 1.82) is 0 Å². The first-order chi connectivity index (χ1) is 9.26. The third kappa shape index (κ3) is 1.96. The average molecular weight is 259 g/mol. The molecule has 0 amide bonds. The highest BCUT2D eigenvalue weighted by molar-refractivity contribution is 5.40. The number of benzene rings is 1. The fourth-order valence-corrected chi connectivity index (χ4v) is 3.76. The van der Waals surface area contributed by atoms with Crippen LogP contribution in [0.25, 0.3) is 0 Å². The van der Waals surface area contributed by atoms with Gasteiger partial charge in [-0.25, -0.2) is 0 Å². The van der Waals surface area contributed by atoms with Crippen LogP contribution in [0.5, 0.6) is 5.75 Å². The topological polar surface area (TPSA) is 44.5 Å². The molecule has 1 aliphatic carbocycles. The normalized spacial score (nSPS) is 37.1. The van der Waals surface area contributed by atoms with Gasteiger partial charge >= 0.3 is 0 Å². The summed E-state index contributed by atoms with van der Waals surface area (Å²) in [6, 6.07) is 8.36. The highest BCUT2D eigenvalue weighted by Gasteiger charge is 2.50. The number of hydrogen-bond acceptors (Lipinski definition) is 3. The molecule has 1 saturated carbocycles. The Balaban J connectivity index is 1.55. The van der Waals surface area contributed by atoms with Crippen LogP contribution in [0.2, 0.25) is 0 Å². The summed E-state index contributed by atoms with van der Waals surface area (Å²) in [4.78, 5) is 0. The molecule has 0 radical (unpaired) electrons. The Labute approximate surface area is 114 Å². The number of hydrogen-bond donors (Lipinski definition) is 1. The fraction of sp³-hybridized carbons (Fsp3) is 0.625. The van der Waals surface area contributed by atoms with Crippen molar-refractivity contribution in [3.8, 4) is 5.75 Å². The molecule has 2 aliphatic heterocycles. The molecule has 4 rings (SSSR count). The Morgan fingerprint density at radius 1 is 1.26 bits per heavy atom. The summed E-state index contributed by atoms with van der Waals surface area (Å²) < 4.78 is 11.7. The van der Waals surface area contributed by atoms with Crippen molar-refractivity contribution in [2.75, 3.05) is 13.2 Å². The molecule has 3 atom stereocenters. The fourth-order valence-electron chi connectivity index (χ4n) is 3.76. The maximum atomic E-state index is 6.70. The summed E-state index contributed by atoms with van der Waals surface area (Å²) >= 11 is 0. The zero-order chi connectivity index (χ0) is 12.9. The van der Waals surface area contributed by atoms with Gasteiger partial charge in [-0.3, -0.25) is 0 Å². The predicted molar refractivity (Wildman–Crippen MR) is 73.3 cm³/mol. The van der Waals surface area contributed by atoms with E-state index in [1.807, 2.05) is 6.07 Å². The van der Waals surface area contributed by atoms with Gasteiger partial charge in [0.2, 0.25) is 0 Å². The summed E-state index contributed by atoms with van der Waals surface area (Å²) in [6.45, 7) is 1.60. The first-order valence-corrected chi connectivity index (χ1v) is 7.38. The van der Waals surface area contributed by atoms with E-state index in [9.17, 15) is 0 Å². The monoisotopic (exact) mass is 259 g/mol. The van der Waals surface area contributed by atoms with Gasteiger partial charge in [0.25, 0.3) is 0 Å². The van der Waals surface area contributed by atoms with Gasteiger partial charge in [-0.15, -0.1) is 0 Å². The van der Waals surface area contributed by atoms with Crippen molar-refractivity contribution < 1.29 is 9.47 Å². The molecule has 3 nitrogen and oxygen atoms in total. The van der Waals surface area contributed by atoms with Crippen molar-refractivity contribution >= 4 is 0 Å². The molecular weight excluding hydrogens is 238 g/mol. The standard InChI is InChI=1S/C16H21NO2/c17-16(7-8-18-15(16)11-5-6-11)9-12-10-19-14-4-2-1-3-13(12)14/h1-4,11-12,15H,5-10,17H2. The lowest BCUT2D eigenvalue weighted by Gasteiger charge is -2.32. The third-order valence-corrected chi connectivity index (χ3v) is 4.91. The minimum atomic E-state index is -0.146. The van der Waals surface area contributed by atoms with Crippen molar-refractivity contribution in [3.05, 3.63) is 29.8 Å². The summed E-state index contributed by atoms with van der Waals surface area (Å²) in [5.74, 6) is 2.19. The lowest BCUT2D eigenvalue weighted by atomic mass is 9.79. The van der Waals surface area contributed by atoms with E-state index in [2.05, 4.69) is 18.2 Å². The molecule has 0 bridgehead atoms. The Morgan fingerprint density at radius 2 is 2.11 bits per heavy atom. The van der Waals surface area contributed by atoms with Crippen molar-refractivity contribution in [2.24, 2.45) is 11.7 Å². The molecule has 3 unspecified atom stereocenters. The molecule has 2 heterocycles. The Kier molecular flexibility index (Phi) is 2.61. The van der Waals surface area contributed by atoms with Crippen LogP contribution in [-0.4, -0.2) is 24.9 Å². The molecule has 1 aromatic carbocycles. The Bertz CT molecular complexity index is 485. The van der Waals surface area contributed by atoms with E-state index in [-0.39, 0.29) is 11.6 Å². The largest absolute Gasteiger partial charge is 0.493 e. The van der Waals surface area contributed by atoms with Gasteiger partial charge in [-0.05, 0) is 37.7 Å². The minimum Gasteiger partial charge on any atom is -0.493 e. The van der Waals surface area contributed by atoms with Gasteiger partial charge in [-0.2, -0.15) is 0 Å². The summed E-state index contributed by atoms with van der Waals surface area (Å²) in [5.41, 5.74) is 7.88. The van der Waals surface area contributed by atoms with Crippen LogP contribution in [0, 0.1) is 5.92 Å². The summed E-state index contributed by atoms with van der Waals surface area (Å²) in [5, 5.41) is 0. The van der Waals surface area contributed by atoms with Crippen LogP contribution in [0.15, 0.2) is 24.3 Å². The van der Waals surface area contributed by atoms with E-state index in [0.29, 0.717) is 11.8 Å². The number of nitrogens with two attached hydrogens (primary N) is 1. The third-order valence-electron chi connectivity index (χ3n) is 4.91. The molecule has 1 aromatic rings. The minimum absolute atomic E-state index is 0.146. The lowest BCUT2D eigenvalue weighted by molar-refractivity contribution is 0.0573. The van der Waals surface area contributed by atoms with E-state index in [0.717, 1.165) is 31.8 Å². The van der Waals surface area contributed by atoms with E-state index >= 15 is 0 Å². The molecule has 102 valence electrons. The Hall–Kier alpha value is -1.06. The van der Waals surface area contributed by atoms with Crippen molar-refractivity contribution in [1.82, 2.24) is 0 Å². The van der Waals surface area contributed by atoms with Gasteiger partial charge in [0, 0.05) is 23.6 Å². The van der Waals surface area contributed by atoms with Crippen LogP contribution in [0.4, 0.5) is 0 Å². The zero-order valence-corrected chi connectivity index (χ0v) is 11.2. The van der Waals surface area contributed by atoms with Crippen molar-refractivity contribution in [3.63, 3.8) is 0 Å². The molecule has 2 N–H and O–H groups in total. The molecule has 19 heavy (non-hydrogen) atoms. The molecule has 1 saturated heterocycles. The molecular formula is C16H21NO2. The number of rotatable bonds is 3. The van der Waals surface area contributed by atoms with E-state index in [1.54, 1.807) is 0 Å². The van der Waals surface area contributed by atoms with Gasteiger partial charge in [-0.1, -0.05) is 18.2 Å². The van der Waals surface area contributed by atoms with Gasteiger partial charge in [0.1, 0.15) is 5.75 Å². The quantitative estimate of drug-likeness (QED) is 0.907. The lowest BCUT2D eigenvalue weighted by Crippen LogP contribution is -2.49. The maximum Gasteiger partial charge on any atom is 0.122 e. The summed E-state index contributed by atoms with van der Waals surface area (Å²) in [6.07, 6.45) is 4.85. The Morgan fingerprint density at radius 3 is 2.95 bits per heavy atom. The van der Waals surface area contributed by atoms with Gasteiger partial charge in [0.15, 0.2) is 0 Å². The highest BCUT2D eigenvalue weighted by atomic mass is 16.5. The number of ether oxygens (including phenoxy) is 2. The predicted octanol–water partition coefficient (Wildman–Crippen LogP) is 2.45. The first-order valence-electron chi connectivity index (χ1n) is 7.38. The second-order valence-corrected chi connectivity index (χ2v) is 6.36. The van der Waals surface area contributed by atoms with Crippen LogP contribution in [0.3, 0.4) is 0 Å². The first kappa shape index (κ1) is 11.7. The SMILES string of the molecule is NC1(CC2COc3ccccc32)CCOC1C1CC1. The molecule has 0 spiro atoms. The zero-order valence-electron chi connectivity index (χ0n) is 11.2. The second kappa shape index (κ2) is 4.22. The van der Waals surface area contributed by atoms with Crippen LogP contribution >= 0.6 is 0 Å². The van der Waals surface area contributed by atoms with Crippen LogP contribution < -0.4 is 10.5 Å². The molecule has 3 heteroatoms. The molecule has 0 aromatic heterocycles. The highest BCUT2D eigenvalue weighted by Crippen LogP contribution is 2.47. The summed E-state index contributed by atoms with van der Waals surface area (Å²) in [7, 11) is 0. The number of para-hydroxylation sites is 1. The second-order valence-electron chi connectivity index (χ2n) is 6.36. The number of fused-ring (bicyclic) bond motifs is 1. The van der Waals surface area contributed by atoms with E-state index < -0.39 is 0 Å². The molecule has 2 fully saturated rings. The van der Waals surface area contributed by atoms with E-state index in [4.69, 9.17) is 15.2 Å². The van der Waals surface area contributed by atoms with Crippen LogP contribution in [-0.2, 0) is 4.74 Å². The smallest absolute Gasteiger partial charge is 0.122 e.